The number of rotatable bonds is 6. The first-order valence-electron chi connectivity index (χ1n) is 9.22. The van der Waals surface area contributed by atoms with Crippen LogP contribution < -0.4 is 5.32 Å². The molecular formula is C22H22N6. The molecule has 0 aliphatic heterocycles. The first-order valence-corrected chi connectivity index (χ1v) is 9.22. The zero-order valence-corrected chi connectivity index (χ0v) is 16.0. The summed E-state index contributed by atoms with van der Waals surface area (Å²) in [6, 6.07) is 12.4. The molecular weight excluding hydrogens is 348 g/mol. The molecule has 1 N–H and O–H groups in total. The number of nitrogens with one attached hydrogen (secondary N) is 1. The molecule has 6 heteroatoms. The predicted molar refractivity (Wildman–Crippen MR) is 110 cm³/mol. The molecule has 1 aromatic carbocycles. The van der Waals surface area contributed by atoms with E-state index >= 15 is 0 Å². The molecule has 0 fully saturated rings. The Morgan fingerprint density at radius 3 is 2.64 bits per heavy atom. The number of aromatic nitrogens is 5. The lowest BCUT2D eigenvalue weighted by Crippen LogP contribution is -2.07. The normalized spacial score (nSPS) is 10.8. The van der Waals surface area contributed by atoms with E-state index in [1.54, 1.807) is 18.6 Å². The molecule has 0 aliphatic rings. The van der Waals surface area contributed by atoms with Crippen LogP contribution in [0.25, 0.3) is 11.4 Å². The molecule has 3 heterocycles. The standard InChI is InChI=1S/C22H22N6/c1-16-17(2)26-22(20-7-4-8-23-13-20)27-21(16)25-12-18-5-3-6-19(11-18)14-28-10-9-24-15-28/h3-11,13,15H,12,14H2,1-2H3,(H,25,26,27). The Hall–Kier alpha value is -3.54. The van der Waals surface area contributed by atoms with Crippen LogP contribution in [-0.2, 0) is 13.1 Å². The van der Waals surface area contributed by atoms with Gasteiger partial charge in [-0.1, -0.05) is 24.3 Å². The molecule has 28 heavy (non-hydrogen) atoms. The zero-order valence-electron chi connectivity index (χ0n) is 16.0. The number of pyridine rings is 1. The number of hydrogen-bond donors (Lipinski definition) is 1. The molecule has 0 amide bonds. The highest BCUT2D eigenvalue weighted by molar-refractivity contribution is 5.58. The lowest BCUT2D eigenvalue weighted by Gasteiger charge is -2.13. The van der Waals surface area contributed by atoms with Gasteiger partial charge in [-0.05, 0) is 37.1 Å². The van der Waals surface area contributed by atoms with E-state index in [1.807, 2.05) is 38.5 Å². The van der Waals surface area contributed by atoms with E-state index < -0.39 is 0 Å². The van der Waals surface area contributed by atoms with E-state index in [-0.39, 0.29) is 0 Å². The largest absolute Gasteiger partial charge is 0.366 e. The molecule has 140 valence electrons. The first kappa shape index (κ1) is 17.9. The zero-order chi connectivity index (χ0) is 19.3. The van der Waals surface area contributed by atoms with Crippen LogP contribution in [0.3, 0.4) is 0 Å². The van der Waals surface area contributed by atoms with E-state index in [4.69, 9.17) is 4.98 Å². The second-order valence-electron chi connectivity index (χ2n) is 6.76. The summed E-state index contributed by atoms with van der Waals surface area (Å²) in [5, 5.41) is 3.48. The molecule has 0 bridgehead atoms. The van der Waals surface area contributed by atoms with Crippen LogP contribution in [0.1, 0.15) is 22.4 Å². The number of aryl methyl sites for hydroxylation is 1. The summed E-state index contributed by atoms with van der Waals surface area (Å²) in [6.07, 6.45) is 9.13. The summed E-state index contributed by atoms with van der Waals surface area (Å²) in [5.74, 6) is 1.54. The molecule has 4 rings (SSSR count). The van der Waals surface area contributed by atoms with Gasteiger partial charge < -0.3 is 9.88 Å². The Balaban J connectivity index is 1.52. The van der Waals surface area contributed by atoms with Gasteiger partial charge in [-0.15, -0.1) is 0 Å². The predicted octanol–water partition coefficient (Wildman–Crippen LogP) is 4.01. The molecule has 3 aromatic heterocycles. The summed E-state index contributed by atoms with van der Waals surface area (Å²) in [7, 11) is 0. The molecule has 0 saturated carbocycles. The van der Waals surface area contributed by atoms with E-state index in [0.717, 1.165) is 29.2 Å². The lowest BCUT2D eigenvalue weighted by atomic mass is 10.1. The van der Waals surface area contributed by atoms with E-state index in [2.05, 4.69) is 49.1 Å². The second-order valence-corrected chi connectivity index (χ2v) is 6.76. The fourth-order valence-electron chi connectivity index (χ4n) is 3.04. The van der Waals surface area contributed by atoms with Crippen molar-refractivity contribution in [3.8, 4) is 11.4 Å². The maximum absolute atomic E-state index is 4.73. The molecule has 0 spiro atoms. The monoisotopic (exact) mass is 370 g/mol. The topological polar surface area (TPSA) is 68.5 Å². The fraction of sp³-hybridized carbons (Fsp3) is 0.182. The van der Waals surface area contributed by atoms with Crippen LogP contribution in [0.4, 0.5) is 5.82 Å². The summed E-state index contributed by atoms with van der Waals surface area (Å²) in [4.78, 5) is 17.6. The SMILES string of the molecule is Cc1nc(-c2cccnc2)nc(NCc2cccc(Cn3ccnc3)c2)c1C. The van der Waals surface area contributed by atoms with Crippen molar-refractivity contribution in [1.29, 1.82) is 0 Å². The Morgan fingerprint density at radius 2 is 1.86 bits per heavy atom. The quantitative estimate of drug-likeness (QED) is 0.555. The Bertz CT molecular complexity index is 1060. The highest BCUT2D eigenvalue weighted by Gasteiger charge is 2.10. The van der Waals surface area contributed by atoms with Crippen LogP contribution in [0.2, 0.25) is 0 Å². The van der Waals surface area contributed by atoms with Gasteiger partial charge in [0.1, 0.15) is 5.82 Å². The highest BCUT2D eigenvalue weighted by Crippen LogP contribution is 2.21. The van der Waals surface area contributed by atoms with Crippen molar-refractivity contribution in [3.63, 3.8) is 0 Å². The van der Waals surface area contributed by atoms with E-state index in [9.17, 15) is 0 Å². The van der Waals surface area contributed by atoms with Gasteiger partial charge in [-0.25, -0.2) is 15.0 Å². The van der Waals surface area contributed by atoms with Gasteiger partial charge in [-0.2, -0.15) is 0 Å². The van der Waals surface area contributed by atoms with Crippen LogP contribution in [0.15, 0.2) is 67.5 Å². The third-order valence-electron chi connectivity index (χ3n) is 4.68. The van der Waals surface area contributed by atoms with Crippen molar-refractivity contribution in [2.45, 2.75) is 26.9 Å². The molecule has 4 aromatic rings. The molecule has 6 nitrogen and oxygen atoms in total. The van der Waals surface area contributed by atoms with Gasteiger partial charge in [0.05, 0.1) is 6.33 Å². The number of imidazole rings is 1. The summed E-state index contributed by atoms with van der Waals surface area (Å²) in [6.45, 7) is 5.56. The Labute approximate surface area is 164 Å². The maximum Gasteiger partial charge on any atom is 0.163 e. The number of anilines is 1. The number of hydrogen-bond acceptors (Lipinski definition) is 5. The van der Waals surface area contributed by atoms with Crippen molar-refractivity contribution in [1.82, 2.24) is 24.5 Å². The van der Waals surface area contributed by atoms with Gasteiger partial charge in [0.15, 0.2) is 5.82 Å². The Morgan fingerprint density at radius 1 is 0.964 bits per heavy atom. The second kappa shape index (κ2) is 8.00. The molecule has 0 aliphatic carbocycles. The number of benzene rings is 1. The minimum Gasteiger partial charge on any atom is -0.366 e. The summed E-state index contributed by atoms with van der Waals surface area (Å²) < 4.78 is 2.06. The smallest absolute Gasteiger partial charge is 0.163 e. The number of nitrogens with zero attached hydrogens (tertiary/aromatic N) is 5. The van der Waals surface area contributed by atoms with Crippen LogP contribution >= 0.6 is 0 Å². The molecule has 0 saturated heterocycles. The van der Waals surface area contributed by atoms with E-state index in [0.29, 0.717) is 12.4 Å². The minimum absolute atomic E-state index is 0.688. The van der Waals surface area contributed by atoms with Crippen LogP contribution in [0, 0.1) is 13.8 Å². The fourth-order valence-corrected chi connectivity index (χ4v) is 3.04. The first-order chi connectivity index (χ1) is 13.7. The molecule has 0 radical (unpaired) electrons. The maximum atomic E-state index is 4.73. The van der Waals surface area contributed by atoms with E-state index in [1.165, 1.54) is 11.1 Å². The minimum atomic E-state index is 0.688. The van der Waals surface area contributed by atoms with Crippen LogP contribution in [0.5, 0.6) is 0 Å². The lowest BCUT2D eigenvalue weighted by molar-refractivity contribution is 0.796. The summed E-state index contributed by atoms with van der Waals surface area (Å²) >= 11 is 0. The van der Waals surface area contributed by atoms with Gasteiger partial charge in [0.2, 0.25) is 0 Å². The van der Waals surface area contributed by atoms with Gasteiger partial charge >= 0.3 is 0 Å². The van der Waals surface area contributed by atoms with Gasteiger partial charge in [0.25, 0.3) is 0 Å². The summed E-state index contributed by atoms with van der Waals surface area (Å²) in [5.41, 5.74) is 5.38. The Kier molecular flexibility index (Phi) is 5.10. The highest BCUT2D eigenvalue weighted by atomic mass is 15.0. The van der Waals surface area contributed by atoms with Crippen molar-refractivity contribution < 1.29 is 0 Å². The van der Waals surface area contributed by atoms with Gasteiger partial charge in [0, 0.05) is 54.7 Å². The average Bonchev–Trinajstić information content (AvgIpc) is 3.23. The average molecular weight is 370 g/mol. The molecule has 0 unspecified atom stereocenters. The van der Waals surface area contributed by atoms with Crippen molar-refractivity contribution in [2.75, 3.05) is 5.32 Å². The molecule has 0 atom stereocenters. The van der Waals surface area contributed by atoms with Crippen molar-refractivity contribution in [3.05, 3.63) is 89.9 Å². The van der Waals surface area contributed by atoms with Gasteiger partial charge in [-0.3, -0.25) is 4.98 Å². The van der Waals surface area contributed by atoms with Crippen molar-refractivity contribution >= 4 is 5.82 Å². The van der Waals surface area contributed by atoms with Crippen LogP contribution in [-0.4, -0.2) is 24.5 Å². The third kappa shape index (κ3) is 4.06. The third-order valence-corrected chi connectivity index (χ3v) is 4.68. The van der Waals surface area contributed by atoms with Crippen molar-refractivity contribution in [2.24, 2.45) is 0 Å².